The number of rotatable bonds is 6. The molecule has 0 saturated heterocycles. The summed E-state index contributed by atoms with van der Waals surface area (Å²) in [5.74, 6) is 0.592. The van der Waals surface area contributed by atoms with Gasteiger partial charge in [-0.05, 0) is 78.4 Å². The van der Waals surface area contributed by atoms with Gasteiger partial charge >= 0.3 is 0 Å². The second kappa shape index (κ2) is 12.1. The number of furan rings is 1. The average molecular weight is 694 g/mol. The van der Waals surface area contributed by atoms with Crippen LogP contribution in [0.4, 0.5) is 17.1 Å². The molecule has 0 aliphatic carbocycles. The van der Waals surface area contributed by atoms with E-state index < -0.39 is 0 Å². The lowest BCUT2D eigenvalue weighted by Gasteiger charge is -2.29. The maximum Gasteiger partial charge on any atom is 0.227 e. The molecule has 0 bridgehead atoms. The number of hydrogen-bond acceptors (Lipinski definition) is 4. The van der Waals surface area contributed by atoms with Crippen LogP contribution in [0.5, 0.6) is 0 Å². The van der Waals surface area contributed by atoms with Gasteiger partial charge in [-0.1, -0.05) is 109 Å². The Morgan fingerprint density at radius 2 is 1.11 bits per heavy atom. The molecule has 3 aromatic heterocycles. The van der Waals surface area contributed by atoms with Crippen LogP contribution in [0.25, 0.3) is 83.1 Å². The van der Waals surface area contributed by atoms with Crippen molar-refractivity contribution in [1.29, 1.82) is 0 Å². The van der Waals surface area contributed by atoms with E-state index in [9.17, 15) is 0 Å². The zero-order chi connectivity index (χ0) is 35.6. The highest BCUT2D eigenvalue weighted by molar-refractivity contribution is 6.17. The molecule has 3 heterocycles. The second-order valence-electron chi connectivity index (χ2n) is 13.6. The van der Waals surface area contributed by atoms with E-state index in [1.165, 1.54) is 10.8 Å². The third-order valence-corrected chi connectivity index (χ3v) is 10.4. The standard InChI is InChI=1S/C49H31N3O2/c1-4-15-32(16-5-1)36-21-10-12-23-41(36)52(44-26-14-25-43-48(44)37-22-11-13-24-42(37)51(43)34-19-8-3-9-20-34)35-27-28-45-38(29-35)39-30-40-47(31-46(39)53-45)54-49(50-40)33-17-6-2-7-18-33/h1-31H. The summed E-state index contributed by atoms with van der Waals surface area (Å²) in [4.78, 5) is 7.30. The van der Waals surface area contributed by atoms with Crippen molar-refractivity contribution in [1.82, 2.24) is 9.55 Å². The Hall–Kier alpha value is -7.37. The molecular weight excluding hydrogens is 663 g/mol. The van der Waals surface area contributed by atoms with Gasteiger partial charge in [-0.3, -0.25) is 0 Å². The summed E-state index contributed by atoms with van der Waals surface area (Å²) in [6, 6.07) is 65.8. The second-order valence-corrected chi connectivity index (χ2v) is 13.6. The minimum atomic E-state index is 0.592. The highest BCUT2D eigenvalue weighted by Gasteiger charge is 2.24. The van der Waals surface area contributed by atoms with E-state index in [0.717, 1.165) is 77.9 Å². The average Bonchev–Trinajstić information content (AvgIpc) is 3.92. The Morgan fingerprint density at radius 3 is 1.94 bits per heavy atom. The molecule has 254 valence electrons. The van der Waals surface area contributed by atoms with E-state index in [1.54, 1.807) is 0 Å². The predicted molar refractivity (Wildman–Crippen MR) is 221 cm³/mol. The Labute approximate surface area is 310 Å². The van der Waals surface area contributed by atoms with Crippen LogP contribution < -0.4 is 4.90 Å². The van der Waals surface area contributed by atoms with Crippen LogP contribution in [0.15, 0.2) is 197 Å². The summed E-state index contributed by atoms with van der Waals surface area (Å²) in [7, 11) is 0. The SMILES string of the molecule is c1ccc(-c2nc3cc4c(cc3o2)oc2ccc(N(c3ccccc3-c3ccccc3)c3cccc5c3c3ccccc3n5-c3ccccc3)cc24)cc1. The van der Waals surface area contributed by atoms with Crippen molar-refractivity contribution in [2.24, 2.45) is 0 Å². The summed E-state index contributed by atoms with van der Waals surface area (Å²) in [6.07, 6.45) is 0. The zero-order valence-corrected chi connectivity index (χ0v) is 29.1. The summed E-state index contributed by atoms with van der Waals surface area (Å²) in [5, 5.41) is 4.36. The highest BCUT2D eigenvalue weighted by atomic mass is 16.4. The van der Waals surface area contributed by atoms with Gasteiger partial charge < -0.3 is 18.3 Å². The number of hydrogen-bond donors (Lipinski definition) is 0. The first kappa shape index (κ1) is 30.3. The van der Waals surface area contributed by atoms with Crippen LogP contribution in [-0.4, -0.2) is 9.55 Å². The summed E-state index contributed by atoms with van der Waals surface area (Å²) in [5.41, 5.74) is 12.9. The largest absolute Gasteiger partial charge is 0.456 e. The fraction of sp³-hybridized carbons (Fsp3) is 0. The summed E-state index contributed by atoms with van der Waals surface area (Å²) >= 11 is 0. The molecule has 0 radical (unpaired) electrons. The molecule has 5 nitrogen and oxygen atoms in total. The van der Waals surface area contributed by atoms with E-state index >= 15 is 0 Å². The Morgan fingerprint density at radius 1 is 0.444 bits per heavy atom. The number of oxazole rings is 1. The Bertz CT molecular complexity index is 3160. The van der Waals surface area contributed by atoms with Gasteiger partial charge in [0.05, 0.1) is 22.4 Å². The lowest BCUT2D eigenvalue weighted by molar-refractivity contribution is 0.617. The predicted octanol–water partition coefficient (Wildman–Crippen LogP) is 13.6. The Kier molecular flexibility index (Phi) is 6.79. The monoisotopic (exact) mass is 693 g/mol. The fourth-order valence-corrected chi connectivity index (χ4v) is 8.01. The number of anilines is 3. The minimum Gasteiger partial charge on any atom is -0.456 e. The molecule has 8 aromatic carbocycles. The normalized spacial score (nSPS) is 11.7. The lowest BCUT2D eigenvalue weighted by Crippen LogP contribution is -2.11. The molecule has 54 heavy (non-hydrogen) atoms. The molecule has 0 amide bonds. The van der Waals surface area contributed by atoms with E-state index in [2.05, 4.69) is 161 Å². The van der Waals surface area contributed by atoms with E-state index in [-0.39, 0.29) is 0 Å². The maximum absolute atomic E-state index is 6.49. The van der Waals surface area contributed by atoms with Gasteiger partial charge in [0.1, 0.15) is 16.7 Å². The van der Waals surface area contributed by atoms with E-state index in [4.69, 9.17) is 13.8 Å². The molecule has 0 unspecified atom stereocenters. The van der Waals surface area contributed by atoms with Crippen LogP contribution in [0.3, 0.4) is 0 Å². The topological polar surface area (TPSA) is 47.3 Å². The first-order chi connectivity index (χ1) is 26.8. The molecule has 0 N–H and O–H groups in total. The van der Waals surface area contributed by atoms with Crippen LogP contribution in [0, 0.1) is 0 Å². The number of nitrogens with zero attached hydrogens (tertiary/aromatic N) is 3. The molecule has 11 rings (SSSR count). The number of fused-ring (bicyclic) bond motifs is 7. The van der Waals surface area contributed by atoms with Gasteiger partial charge in [0.2, 0.25) is 5.89 Å². The first-order valence-electron chi connectivity index (χ1n) is 18.1. The highest BCUT2D eigenvalue weighted by Crippen LogP contribution is 2.47. The van der Waals surface area contributed by atoms with Crippen molar-refractivity contribution in [3.8, 4) is 28.3 Å². The van der Waals surface area contributed by atoms with Crippen molar-refractivity contribution < 1.29 is 8.83 Å². The zero-order valence-electron chi connectivity index (χ0n) is 29.1. The maximum atomic E-state index is 6.49. The molecule has 5 heteroatoms. The van der Waals surface area contributed by atoms with Crippen LogP contribution in [0.1, 0.15) is 0 Å². The molecule has 0 atom stereocenters. The van der Waals surface area contributed by atoms with Gasteiger partial charge in [-0.2, -0.15) is 0 Å². The van der Waals surface area contributed by atoms with E-state index in [1.807, 2.05) is 36.4 Å². The quantitative estimate of drug-likeness (QED) is 0.174. The van der Waals surface area contributed by atoms with Crippen molar-refractivity contribution >= 4 is 71.9 Å². The van der Waals surface area contributed by atoms with Crippen LogP contribution in [0.2, 0.25) is 0 Å². The molecule has 0 aliphatic heterocycles. The first-order valence-corrected chi connectivity index (χ1v) is 18.1. The van der Waals surface area contributed by atoms with Gasteiger partial charge in [0.15, 0.2) is 5.58 Å². The molecule has 11 aromatic rings. The number of para-hydroxylation sites is 3. The van der Waals surface area contributed by atoms with E-state index in [0.29, 0.717) is 11.5 Å². The minimum absolute atomic E-state index is 0.592. The summed E-state index contributed by atoms with van der Waals surface area (Å²) < 4.78 is 15.1. The molecular formula is C49H31N3O2. The fourth-order valence-electron chi connectivity index (χ4n) is 8.01. The van der Waals surface area contributed by atoms with Crippen molar-refractivity contribution in [3.63, 3.8) is 0 Å². The number of aromatic nitrogens is 2. The van der Waals surface area contributed by atoms with Gasteiger partial charge in [0.25, 0.3) is 0 Å². The van der Waals surface area contributed by atoms with Crippen LogP contribution >= 0.6 is 0 Å². The smallest absolute Gasteiger partial charge is 0.227 e. The van der Waals surface area contributed by atoms with Gasteiger partial charge in [0, 0.05) is 50.1 Å². The van der Waals surface area contributed by atoms with Crippen molar-refractivity contribution in [2.75, 3.05) is 4.90 Å². The number of benzene rings is 8. The molecule has 0 aliphatic rings. The third-order valence-electron chi connectivity index (χ3n) is 10.4. The van der Waals surface area contributed by atoms with Gasteiger partial charge in [-0.15, -0.1) is 0 Å². The Balaban J connectivity index is 1.18. The molecule has 0 fully saturated rings. The van der Waals surface area contributed by atoms with Gasteiger partial charge in [-0.25, -0.2) is 4.98 Å². The summed E-state index contributed by atoms with van der Waals surface area (Å²) in [6.45, 7) is 0. The lowest BCUT2D eigenvalue weighted by atomic mass is 10.0. The van der Waals surface area contributed by atoms with Crippen LogP contribution in [-0.2, 0) is 0 Å². The molecule has 0 spiro atoms. The van der Waals surface area contributed by atoms with Crippen molar-refractivity contribution in [3.05, 3.63) is 188 Å². The third kappa shape index (κ3) is 4.76. The molecule has 0 saturated carbocycles. The van der Waals surface area contributed by atoms with Crippen molar-refractivity contribution in [2.45, 2.75) is 0 Å².